The van der Waals surface area contributed by atoms with Gasteiger partial charge in [0.25, 0.3) is 5.91 Å². The molecule has 1 atom stereocenters. The first-order chi connectivity index (χ1) is 9.13. The lowest BCUT2D eigenvalue weighted by Gasteiger charge is -2.11. The lowest BCUT2D eigenvalue weighted by atomic mass is 10.0. The van der Waals surface area contributed by atoms with Gasteiger partial charge < -0.3 is 15.5 Å². The van der Waals surface area contributed by atoms with Gasteiger partial charge in [0, 0.05) is 11.9 Å². The molecule has 2 rings (SSSR count). The number of aliphatic hydroxyl groups excluding tert-OH is 1. The Morgan fingerprint density at radius 2 is 2.00 bits per heavy atom. The van der Waals surface area contributed by atoms with Crippen LogP contribution < -0.4 is 5.32 Å². The fourth-order valence-corrected chi connectivity index (χ4v) is 1.89. The first-order valence-corrected chi connectivity index (χ1v) is 6.30. The Morgan fingerprint density at radius 3 is 2.74 bits per heavy atom. The molecule has 100 valence electrons. The van der Waals surface area contributed by atoms with Gasteiger partial charge >= 0.3 is 0 Å². The van der Waals surface area contributed by atoms with Crippen LogP contribution >= 0.6 is 0 Å². The van der Waals surface area contributed by atoms with Crippen molar-refractivity contribution in [2.75, 3.05) is 6.54 Å². The highest BCUT2D eigenvalue weighted by Crippen LogP contribution is 2.28. The van der Waals surface area contributed by atoms with E-state index in [-0.39, 0.29) is 23.8 Å². The average Bonchev–Trinajstić information content (AvgIpc) is 2.45. The predicted molar refractivity (Wildman–Crippen MR) is 74.2 cm³/mol. The summed E-state index contributed by atoms with van der Waals surface area (Å²) < 4.78 is 0. The van der Waals surface area contributed by atoms with E-state index in [1.54, 1.807) is 18.2 Å². The number of carbonyl (C=O) groups is 1. The zero-order valence-electron chi connectivity index (χ0n) is 10.8. The van der Waals surface area contributed by atoms with Crippen molar-refractivity contribution >= 4 is 16.7 Å². The largest absolute Gasteiger partial charge is 0.506 e. The summed E-state index contributed by atoms with van der Waals surface area (Å²) in [5, 5.41) is 23.7. The van der Waals surface area contributed by atoms with Crippen molar-refractivity contribution in [3.63, 3.8) is 0 Å². The standard InChI is InChI=1S/C15H17NO3/c1-2-11(17)9-16-15(19)13-8-7-10-5-3-4-6-12(10)14(13)18/h3-8,11,17-18H,2,9H2,1H3,(H,16,19). The van der Waals surface area contributed by atoms with Crippen LogP contribution in [0.15, 0.2) is 36.4 Å². The van der Waals surface area contributed by atoms with Crippen LogP contribution in [-0.2, 0) is 0 Å². The summed E-state index contributed by atoms with van der Waals surface area (Å²) in [7, 11) is 0. The van der Waals surface area contributed by atoms with Gasteiger partial charge in [0.1, 0.15) is 5.75 Å². The van der Waals surface area contributed by atoms with Crippen molar-refractivity contribution in [1.29, 1.82) is 0 Å². The molecular weight excluding hydrogens is 242 g/mol. The monoisotopic (exact) mass is 259 g/mol. The van der Waals surface area contributed by atoms with Crippen LogP contribution in [0, 0.1) is 0 Å². The molecule has 0 fully saturated rings. The Kier molecular flexibility index (Phi) is 4.02. The normalized spacial score (nSPS) is 12.3. The number of hydrogen-bond donors (Lipinski definition) is 3. The van der Waals surface area contributed by atoms with E-state index in [4.69, 9.17) is 0 Å². The number of carbonyl (C=O) groups excluding carboxylic acids is 1. The number of benzene rings is 2. The third-order valence-electron chi connectivity index (χ3n) is 3.11. The molecule has 1 unspecified atom stereocenters. The fraction of sp³-hybridized carbons (Fsp3) is 0.267. The first-order valence-electron chi connectivity index (χ1n) is 6.30. The molecule has 0 heterocycles. The van der Waals surface area contributed by atoms with E-state index >= 15 is 0 Å². The van der Waals surface area contributed by atoms with Crippen molar-refractivity contribution in [3.8, 4) is 5.75 Å². The van der Waals surface area contributed by atoms with E-state index < -0.39 is 6.10 Å². The number of aromatic hydroxyl groups is 1. The van der Waals surface area contributed by atoms with Gasteiger partial charge in [-0.3, -0.25) is 4.79 Å². The number of hydrogen-bond acceptors (Lipinski definition) is 3. The summed E-state index contributed by atoms with van der Waals surface area (Å²) in [6.07, 6.45) is 0.0100. The van der Waals surface area contributed by atoms with Crippen LogP contribution in [0.5, 0.6) is 5.75 Å². The van der Waals surface area contributed by atoms with Gasteiger partial charge in [0.15, 0.2) is 0 Å². The second-order valence-corrected chi connectivity index (χ2v) is 4.45. The molecular formula is C15H17NO3. The van der Waals surface area contributed by atoms with E-state index in [2.05, 4.69) is 5.32 Å². The molecule has 2 aromatic carbocycles. The van der Waals surface area contributed by atoms with E-state index in [9.17, 15) is 15.0 Å². The maximum atomic E-state index is 11.9. The summed E-state index contributed by atoms with van der Waals surface area (Å²) in [4.78, 5) is 11.9. The average molecular weight is 259 g/mol. The number of aliphatic hydroxyl groups is 1. The molecule has 4 heteroatoms. The van der Waals surface area contributed by atoms with E-state index in [0.717, 1.165) is 5.39 Å². The highest BCUT2D eigenvalue weighted by molar-refractivity contribution is 6.03. The maximum Gasteiger partial charge on any atom is 0.255 e. The van der Waals surface area contributed by atoms with Crippen LogP contribution in [0.25, 0.3) is 10.8 Å². The van der Waals surface area contributed by atoms with E-state index in [1.807, 2.05) is 25.1 Å². The minimum atomic E-state index is -0.563. The third kappa shape index (κ3) is 2.85. The van der Waals surface area contributed by atoms with Crippen molar-refractivity contribution < 1.29 is 15.0 Å². The smallest absolute Gasteiger partial charge is 0.255 e. The van der Waals surface area contributed by atoms with Gasteiger partial charge in [0.2, 0.25) is 0 Å². The number of phenolic OH excluding ortho intramolecular Hbond substituents is 1. The van der Waals surface area contributed by atoms with Crippen LogP contribution in [0.3, 0.4) is 0 Å². The molecule has 0 saturated carbocycles. The highest BCUT2D eigenvalue weighted by Gasteiger charge is 2.14. The van der Waals surface area contributed by atoms with Crippen LogP contribution in [-0.4, -0.2) is 28.8 Å². The molecule has 4 nitrogen and oxygen atoms in total. The van der Waals surface area contributed by atoms with Crippen LogP contribution in [0.4, 0.5) is 0 Å². The minimum absolute atomic E-state index is 0.0263. The molecule has 2 aromatic rings. The number of amides is 1. The number of rotatable bonds is 4. The van der Waals surface area contributed by atoms with Crippen molar-refractivity contribution in [2.45, 2.75) is 19.4 Å². The molecule has 3 N–H and O–H groups in total. The second kappa shape index (κ2) is 5.71. The molecule has 0 aliphatic carbocycles. The molecule has 0 aromatic heterocycles. The molecule has 0 aliphatic rings. The quantitative estimate of drug-likeness (QED) is 0.787. The van der Waals surface area contributed by atoms with Gasteiger partial charge in [0.05, 0.1) is 11.7 Å². The molecule has 1 amide bonds. The van der Waals surface area contributed by atoms with Crippen molar-refractivity contribution in [3.05, 3.63) is 42.0 Å². The Bertz CT molecular complexity index is 595. The lowest BCUT2D eigenvalue weighted by molar-refractivity contribution is 0.0911. The van der Waals surface area contributed by atoms with Gasteiger partial charge in [-0.1, -0.05) is 37.3 Å². The summed E-state index contributed by atoms with van der Waals surface area (Å²) in [5.74, 6) is -0.405. The Balaban J connectivity index is 2.25. The van der Waals surface area contributed by atoms with E-state index in [1.165, 1.54) is 0 Å². The molecule has 0 bridgehead atoms. The number of fused-ring (bicyclic) bond motifs is 1. The second-order valence-electron chi connectivity index (χ2n) is 4.45. The summed E-state index contributed by atoms with van der Waals surface area (Å²) in [6.45, 7) is 2.02. The van der Waals surface area contributed by atoms with E-state index in [0.29, 0.717) is 11.8 Å². The number of nitrogens with one attached hydrogen (secondary N) is 1. The SMILES string of the molecule is CCC(O)CNC(=O)c1ccc2ccccc2c1O. The maximum absolute atomic E-state index is 11.9. The van der Waals surface area contributed by atoms with Crippen LogP contribution in [0.2, 0.25) is 0 Å². The highest BCUT2D eigenvalue weighted by atomic mass is 16.3. The zero-order valence-corrected chi connectivity index (χ0v) is 10.8. The lowest BCUT2D eigenvalue weighted by Crippen LogP contribution is -2.31. The van der Waals surface area contributed by atoms with Gasteiger partial charge in [-0.2, -0.15) is 0 Å². The molecule has 0 aliphatic heterocycles. The molecule has 19 heavy (non-hydrogen) atoms. The molecule has 0 spiro atoms. The zero-order chi connectivity index (χ0) is 13.8. The van der Waals surface area contributed by atoms with Crippen molar-refractivity contribution in [2.24, 2.45) is 0 Å². The van der Waals surface area contributed by atoms with Crippen LogP contribution in [0.1, 0.15) is 23.7 Å². The third-order valence-corrected chi connectivity index (χ3v) is 3.11. The number of phenols is 1. The first kappa shape index (κ1) is 13.4. The summed E-state index contributed by atoms with van der Waals surface area (Å²) in [6, 6.07) is 10.7. The summed E-state index contributed by atoms with van der Waals surface area (Å²) >= 11 is 0. The Labute approximate surface area is 111 Å². The predicted octanol–water partition coefficient (Wildman–Crippen LogP) is 2.05. The van der Waals surface area contributed by atoms with Gasteiger partial charge in [-0.15, -0.1) is 0 Å². The van der Waals surface area contributed by atoms with Gasteiger partial charge in [-0.05, 0) is 17.9 Å². The molecule has 0 saturated heterocycles. The topological polar surface area (TPSA) is 69.6 Å². The fourth-order valence-electron chi connectivity index (χ4n) is 1.89. The van der Waals surface area contributed by atoms with Gasteiger partial charge in [-0.25, -0.2) is 0 Å². The molecule has 0 radical (unpaired) electrons. The van der Waals surface area contributed by atoms with Crippen molar-refractivity contribution in [1.82, 2.24) is 5.32 Å². The Hall–Kier alpha value is -2.07. The summed E-state index contributed by atoms with van der Waals surface area (Å²) in [5.41, 5.74) is 0.224. The minimum Gasteiger partial charge on any atom is -0.506 e. The Morgan fingerprint density at radius 1 is 1.26 bits per heavy atom.